The molecule has 0 unspecified atom stereocenters. The fourth-order valence-electron chi connectivity index (χ4n) is 2.61. The molecule has 2 aromatic heterocycles. The summed E-state index contributed by atoms with van der Waals surface area (Å²) in [5.41, 5.74) is 2.07. The third-order valence-electron chi connectivity index (χ3n) is 3.90. The summed E-state index contributed by atoms with van der Waals surface area (Å²) in [6, 6.07) is 11.3. The van der Waals surface area contributed by atoms with E-state index < -0.39 is 0 Å². The Morgan fingerprint density at radius 2 is 2.04 bits per heavy atom. The molecule has 0 fully saturated rings. The molecule has 0 saturated carbocycles. The molecule has 0 saturated heterocycles. The quantitative estimate of drug-likeness (QED) is 0.585. The van der Waals surface area contributed by atoms with Crippen LogP contribution >= 0.6 is 0 Å². The first-order valence-corrected chi connectivity index (χ1v) is 7.53. The zero-order chi connectivity index (χ0) is 17.4. The van der Waals surface area contributed by atoms with E-state index in [-0.39, 0.29) is 11.4 Å². The lowest BCUT2D eigenvalue weighted by molar-refractivity contribution is 0.415. The molecule has 124 valence electrons. The van der Waals surface area contributed by atoms with Crippen molar-refractivity contribution in [3.8, 4) is 5.75 Å². The van der Waals surface area contributed by atoms with Gasteiger partial charge in [0, 0.05) is 10.9 Å². The summed E-state index contributed by atoms with van der Waals surface area (Å²) < 4.78 is 19.3. The normalized spacial score (nSPS) is 11.6. The highest BCUT2D eigenvalue weighted by molar-refractivity contribution is 6.04. The Kier molecular flexibility index (Phi) is 3.53. The number of ether oxygens (including phenoxy) is 1. The average Bonchev–Trinajstić information content (AvgIpc) is 3.01. The number of benzene rings is 2. The first-order chi connectivity index (χ1) is 12.2. The van der Waals surface area contributed by atoms with E-state index in [1.807, 2.05) is 18.2 Å². The maximum absolute atomic E-state index is 12.9. The minimum Gasteiger partial charge on any atom is -0.497 e. The molecular weight excluding hydrogens is 323 g/mol. The number of aromatic nitrogens is 3. The molecule has 7 heteroatoms. The minimum absolute atomic E-state index is 0.321. The molecular formula is C18H13FN4O2. The Bertz CT molecular complexity index is 1160. The number of fused-ring (bicyclic) bond motifs is 3. The van der Waals surface area contributed by atoms with Gasteiger partial charge in [-0.2, -0.15) is 9.78 Å². The molecule has 0 amide bonds. The van der Waals surface area contributed by atoms with Gasteiger partial charge in [-0.25, -0.2) is 9.37 Å². The van der Waals surface area contributed by atoms with Crippen molar-refractivity contribution in [2.24, 2.45) is 5.10 Å². The number of hydrogen-bond donors (Lipinski definition) is 1. The van der Waals surface area contributed by atoms with E-state index in [0.717, 1.165) is 15.6 Å². The minimum atomic E-state index is -0.328. The molecule has 25 heavy (non-hydrogen) atoms. The van der Waals surface area contributed by atoms with Gasteiger partial charge in [0.15, 0.2) is 0 Å². The number of rotatable bonds is 3. The van der Waals surface area contributed by atoms with Crippen molar-refractivity contribution in [1.29, 1.82) is 0 Å². The van der Waals surface area contributed by atoms with E-state index in [1.54, 1.807) is 19.2 Å². The fourth-order valence-corrected chi connectivity index (χ4v) is 2.61. The summed E-state index contributed by atoms with van der Waals surface area (Å²) in [6.45, 7) is 0. The number of H-pyrrole nitrogens is 1. The zero-order valence-corrected chi connectivity index (χ0v) is 13.2. The van der Waals surface area contributed by atoms with Gasteiger partial charge >= 0.3 is 0 Å². The van der Waals surface area contributed by atoms with Crippen LogP contribution in [0.1, 0.15) is 5.56 Å². The molecule has 0 aliphatic heterocycles. The van der Waals surface area contributed by atoms with Crippen LogP contribution in [0.4, 0.5) is 4.39 Å². The number of halogens is 1. The SMILES string of the molecule is COc1ccc2[nH]c3c(=O)n(/N=C/c4ccc(F)cc4)cnc3c2c1. The van der Waals surface area contributed by atoms with E-state index in [1.165, 1.54) is 24.7 Å². The van der Waals surface area contributed by atoms with Crippen LogP contribution in [0, 0.1) is 5.82 Å². The van der Waals surface area contributed by atoms with Crippen LogP contribution in [0.5, 0.6) is 5.75 Å². The summed E-state index contributed by atoms with van der Waals surface area (Å²) in [5, 5.41) is 4.92. The number of nitrogens with one attached hydrogen (secondary N) is 1. The number of hydrogen-bond acceptors (Lipinski definition) is 4. The number of nitrogens with zero attached hydrogens (tertiary/aromatic N) is 3. The second kappa shape index (κ2) is 5.86. The highest BCUT2D eigenvalue weighted by Crippen LogP contribution is 2.25. The molecule has 0 bridgehead atoms. The molecule has 0 aliphatic carbocycles. The van der Waals surface area contributed by atoms with Crippen LogP contribution in [-0.4, -0.2) is 28.0 Å². The van der Waals surface area contributed by atoms with Crippen molar-refractivity contribution < 1.29 is 9.13 Å². The molecule has 6 nitrogen and oxygen atoms in total. The third-order valence-corrected chi connectivity index (χ3v) is 3.90. The van der Waals surface area contributed by atoms with Gasteiger partial charge in [-0.05, 0) is 35.9 Å². The van der Waals surface area contributed by atoms with Crippen LogP contribution in [-0.2, 0) is 0 Å². The highest BCUT2D eigenvalue weighted by atomic mass is 19.1. The molecule has 2 aromatic carbocycles. The van der Waals surface area contributed by atoms with Gasteiger partial charge in [-0.3, -0.25) is 4.79 Å². The average molecular weight is 336 g/mol. The summed E-state index contributed by atoms with van der Waals surface area (Å²) >= 11 is 0. The van der Waals surface area contributed by atoms with E-state index >= 15 is 0 Å². The molecule has 0 aliphatic rings. The predicted molar refractivity (Wildman–Crippen MR) is 93.8 cm³/mol. The predicted octanol–water partition coefficient (Wildman–Crippen LogP) is 2.91. The molecule has 0 spiro atoms. The summed E-state index contributed by atoms with van der Waals surface area (Å²) in [7, 11) is 1.58. The van der Waals surface area contributed by atoms with Crippen molar-refractivity contribution in [3.05, 3.63) is 70.5 Å². The number of methoxy groups -OCH3 is 1. The van der Waals surface area contributed by atoms with Gasteiger partial charge < -0.3 is 9.72 Å². The smallest absolute Gasteiger partial charge is 0.298 e. The maximum atomic E-state index is 12.9. The zero-order valence-electron chi connectivity index (χ0n) is 13.2. The Morgan fingerprint density at radius 1 is 1.24 bits per heavy atom. The Morgan fingerprint density at radius 3 is 2.80 bits per heavy atom. The van der Waals surface area contributed by atoms with E-state index in [9.17, 15) is 9.18 Å². The topological polar surface area (TPSA) is 72.3 Å². The molecule has 4 rings (SSSR count). The lowest BCUT2D eigenvalue weighted by Crippen LogP contribution is -2.17. The lowest BCUT2D eigenvalue weighted by Gasteiger charge is -1.99. The van der Waals surface area contributed by atoms with E-state index in [2.05, 4.69) is 15.1 Å². The van der Waals surface area contributed by atoms with Crippen LogP contribution < -0.4 is 10.3 Å². The highest BCUT2D eigenvalue weighted by Gasteiger charge is 2.11. The molecule has 4 aromatic rings. The monoisotopic (exact) mass is 336 g/mol. The molecule has 2 heterocycles. The van der Waals surface area contributed by atoms with Gasteiger partial charge in [0.25, 0.3) is 5.56 Å². The van der Waals surface area contributed by atoms with Crippen molar-refractivity contribution in [2.75, 3.05) is 7.11 Å². The molecule has 0 radical (unpaired) electrons. The largest absolute Gasteiger partial charge is 0.497 e. The van der Waals surface area contributed by atoms with Crippen molar-refractivity contribution >= 4 is 28.2 Å². The summed E-state index contributed by atoms with van der Waals surface area (Å²) in [6.07, 6.45) is 2.83. The van der Waals surface area contributed by atoms with Crippen LogP contribution in [0.3, 0.4) is 0 Å². The maximum Gasteiger partial charge on any atom is 0.298 e. The fraction of sp³-hybridized carbons (Fsp3) is 0.0556. The van der Waals surface area contributed by atoms with E-state index in [0.29, 0.717) is 22.3 Å². The Labute approximate surface area is 141 Å². The van der Waals surface area contributed by atoms with Gasteiger partial charge in [-0.1, -0.05) is 12.1 Å². The van der Waals surface area contributed by atoms with Crippen molar-refractivity contribution in [2.45, 2.75) is 0 Å². The third kappa shape index (κ3) is 2.65. The van der Waals surface area contributed by atoms with Gasteiger partial charge in [0.2, 0.25) is 0 Å². The Balaban J connectivity index is 1.81. The first kappa shape index (κ1) is 15.1. The second-order valence-electron chi connectivity index (χ2n) is 5.45. The molecule has 1 N–H and O–H groups in total. The van der Waals surface area contributed by atoms with Gasteiger partial charge in [-0.15, -0.1) is 0 Å². The molecule has 0 atom stereocenters. The van der Waals surface area contributed by atoms with E-state index in [4.69, 9.17) is 4.74 Å². The number of aromatic amines is 1. The summed E-state index contributed by atoms with van der Waals surface area (Å²) in [4.78, 5) is 20.0. The second-order valence-corrected chi connectivity index (χ2v) is 5.45. The lowest BCUT2D eigenvalue weighted by atomic mass is 10.2. The first-order valence-electron chi connectivity index (χ1n) is 7.53. The van der Waals surface area contributed by atoms with Crippen LogP contribution in [0.2, 0.25) is 0 Å². The summed E-state index contributed by atoms with van der Waals surface area (Å²) in [5.74, 6) is 0.361. The van der Waals surface area contributed by atoms with Crippen LogP contribution in [0.15, 0.2) is 58.7 Å². The standard InChI is InChI=1S/C18H13FN4O2/c1-25-13-6-7-15-14(8-13)16-17(22-15)18(24)23(10-20-16)21-9-11-2-4-12(19)5-3-11/h2-10,22H,1H3/b21-9+. The van der Waals surface area contributed by atoms with Crippen LogP contribution in [0.25, 0.3) is 21.9 Å². The van der Waals surface area contributed by atoms with Crippen molar-refractivity contribution in [1.82, 2.24) is 14.6 Å². The Hall–Kier alpha value is -3.48. The van der Waals surface area contributed by atoms with Gasteiger partial charge in [0.1, 0.15) is 28.9 Å². The van der Waals surface area contributed by atoms with Gasteiger partial charge in [0.05, 0.1) is 13.3 Å². The van der Waals surface area contributed by atoms with Crippen molar-refractivity contribution in [3.63, 3.8) is 0 Å².